The summed E-state index contributed by atoms with van der Waals surface area (Å²) in [6.45, 7) is 5.89. The van der Waals surface area contributed by atoms with Gasteiger partial charge in [0.2, 0.25) is 0 Å². The fraction of sp³-hybridized carbons (Fsp3) is 0.391. The van der Waals surface area contributed by atoms with Crippen LogP contribution in [-0.4, -0.2) is 44.4 Å². The minimum Gasteiger partial charge on any atom is -0.378 e. The summed E-state index contributed by atoms with van der Waals surface area (Å²) in [7, 11) is 0. The number of anilines is 2. The number of nitrogens with zero attached hydrogens (tertiary/aromatic N) is 2. The van der Waals surface area contributed by atoms with Gasteiger partial charge >= 0.3 is 0 Å². The predicted molar refractivity (Wildman–Crippen MR) is 112 cm³/mol. The Hall–Kier alpha value is -2.46. The van der Waals surface area contributed by atoms with Gasteiger partial charge in [-0.15, -0.1) is 0 Å². The number of aromatic nitrogens is 1. The van der Waals surface area contributed by atoms with E-state index in [1.54, 1.807) is 0 Å². The van der Waals surface area contributed by atoms with Crippen LogP contribution < -0.4 is 9.80 Å². The normalized spacial score (nSPS) is 19.0. The summed E-state index contributed by atoms with van der Waals surface area (Å²) in [6, 6.07) is 17.7. The molecule has 27 heavy (non-hydrogen) atoms. The molecular formula is C23H27N3O. The number of fused-ring (bicyclic) bond motifs is 1. The summed E-state index contributed by atoms with van der Waals surface area (Å²) < 4.78 is 5.49. The van der Waals surface area contributed by atoms with Crippen LogP contribution in [0, 0.1) is 0 Å². The van der Waals surface area contributed by atoms with Crippen molar-refractivity contribution in [1.82, 2.24) is 4.98 Å². The Bertz CT molecular complexity index is 905. The lowest BCUT2D eigenvalue weighted by Gasteiger charge is -2.35. The standard InChI is InChI=1S/C23H27N3O/c1-2-7-23-21(6-1)22(17-24-23)18-8-10-25(11-9-18)19-4-3-5-20(16-19)26-12-14-27-15-13-26/h1-7,16-18,24H,8-15H2. The summed E-state index contributed by atoms with van der Waals surface area (Å²) in [6.07, 6.45) is 4.65. The van der Waals surface area contributed by atoms with Crippen molar-refractivity contribution in [3.05, 3.63) is 60.3 Å². The molecule has 3 aromatic rings. The lowest BCUT2D eigenvalue weighted by atomic mass is 9.89. The highest BCUT2D eigenvalue weighted by molar-refractivity contribution is 5.83. The zero-order chi connectivity index (χ0) is 18.1. The molecule has 2 aliphatic heterocycles. The number of piperidine rings is 1. The average Bonchev–Trinajstić information content (AvgIpc) is 3.19. The molecule has 4 heteroatoms. The molecule has 3 heterocycles. The molecule has 140 valence electrons. The van der Waals surface area contributed by atoms with Crippen molar-refractivity contribution in [2.45, 2.75) is 18.8 Å². The van der Waals surface area contributed by atoms with Crippen LogP contribution in [0.2, 0.25) is 0 Å². The van der Waals surface area contributed by atoms with Gasteiger partial charge in [-0.2, -0.15) is 0 Å². The van der Waals surface area contributed by atoms with E-state index < -0.39 is 0 Å². The van der Waals surface area contributed by atoms with Crippen molar-refractivity contribution in [3.8, 4) is 0 Å². The van der Waals surface area contributed by atoms with Crippen LogP contribution >= 0.6 is 0 Å². The van der Waals surface area contributed by atoms with Gasteiger partial charge in [0, 0.05) is 54.7 Å². The number of ether oxygens (including phenoxy) is 1. The van der Waals surface area contributed by atoms with E-state index in [1.165, 1.54) is 40.7 Å². The maximum Gasteiger partial charge on any atom is 0.0642 e. The summed E-state index contributed by atoms with van der Waals surface area (Å²) in [5, 5.41) is 1.39. The molecule has 0 spiro atoms. The number of para-hydroxylation sites is 1. The Kier molecular flexibility index (Phi) is 4.50. The molecule has 2 aromatic carbocycles. The molecule has 2 aliphatic rings. The molecule has 1 N–H and O–H groups in total. The zero-order valence-electron chi connectivity index (χ0n) is 15.7. The quantitative estimate of drug-likeness (QED) is 0.751. The van der Waals surface area contributed by atoms with Crippen molar-refractivity contribution in [1.29, 1.82) is 0 Å². The second kappa shape index (κ2) is 7.28. The molecule has 0 amide bonds. The molecule has 0 aliphatic carbocycles. The van der Waals surface area contributed by atoms with E-state index in [9.17, 15) is 0 Å². The van der Waals surface area contributed by atoms with E-state index in [2.05, 4.69) is 69.5 Å². The average molecular weight is 361 g/mol. The van der Waals surface area contributed by atoms with E-state index in [0.717, 1.165) is 39.4 Å². The summed E-state index contributed by atoms with van der Waals surface area (Å²) in [5.41, 5.74) is 5.44. The molecule has 5 rings (SSSR count). The Morgan fingerprint density at radius 3 is 2.30 bits per heavy atom. The highest BCUT2D eigenvalue weighted by Gasteiger charge is 2.23. The minimum atomic E-state index is 0.653. The first-order valence-corrected chi connectivity index (χ1v) is 10.1. The number of nitrogens with one attached hydrogen (secondary N) is 1. The Morgan fingerprint density at radius 2 is 1.52 bits per heavy atom. The van der Waals surface area contributed by atoms with Crippen LogP contribution in [0.25, 0.3) is 10.9 Å². The van der Waals surface area contributed by atoms with E-state index in [0.29, 0.717) is 5.92 Å². The van der Waals surface area contributed by atoms with Gasteiger partial charge in [-0.05, 0) is 48.6 Å². The van der Waals surface area contributed by atoms with E-state index in [1.807, 2.05) is 0 Å². The highest BCUT2D eigenvalue weighted by Crippen LogP contribution is 2.35. The van der Waals surface area contributed by atoms with Crippen LogP contribution in [0.5, 0.6) is 0 Å². The molecule has 2 saturated heterocycles. The number of aromatic amines is 1. The van der Waals surface area contributed by atoms with Gasteiger partial charge in [0.15, 0.2) is 0 Å². The predicted octanol–water partition coefficient (Wildman–Crippen LogP) is 4.39. The Labute approximate surface area is 160 Å². The van der Waals surface area contributed by atoms with Gasteiger partial charge in [-0.1, -0.05) is 24.3 Å². The van der Waals surface area contributed by atoms with E-state index in [4.69, 9.17) is 4.74 Å². The van der Waals surface area contributed by atoms with Gasteiger partial charge in [0.05, 0.1) is 13.2 Å². The van der Waals surface area contributed by atoms with Crippen LogP contribution in [0.3, 0.4) is 0 Å². The molecule has 2 fully saturated rings. The zero-order valence-corrected chi connectivity index (χ0v) is 15.7. The first kappa shape index (κ1) is 16.7. The fourth-order valence-electron chi connectivity index (χ4n) is 4.59. The van der Waals surface area contributed by atoms with Gasteiger partial charge in [0.25, 0.3) is 0 Å². The second-order valence-corrected chi connectivity index (χ2v) is 7.67. The van der Waals surface area contributed by atoms with E-state index in [-0.39, 0.29) is 0 Å². The molecule has 4 nitrogen and oxygen atoms in total. The number of benzene rings is 2. The van der Waals surface area contributed by atoms with Crippen molar-refractivity contribution < 1.29 is 4.74 Å². The van der Waals surface area contributed by atoms with Crippen LogP contribution in [0.15, 0.2) is 54.7 Å². The fourth-order valence-corrected chi connectivity index (χ4v) is 4.59. The number of H-pyrrole nitrogens is 1. The summed E-state index contributed by atoms with van der Waals surface area (Å²) in [4.78, 5) is 8.43. The molecule has 1 aromatic heterocycles. The van der Waals surface area contributed by atoms with Gasteiger partial charge in [0.1, 0.15) is 0 Å². The molecule has 0 atom stereocenters. The largest absolute Gasteiger partial charge is 0.378 e. The van der Waals surface area contributed by atoms with Gasteiger partial charge < -0.3 is 19.5 Å². The second-order valence-electron chi connectivity index (χ2n) is 7.67. The number of rotatable bonds is 3. The third kappa shape index (κ3) is 3.30. The first-order chi connectivity index (χ1) is 13.4. The maximum absolute atomic E-state index is 5.49. The Morgan fingerprint density at radius 1 is 0.815 bits per heavy atom. The Balaban J connectivity index is 1.29. The number of hydrogen-bond donors (Lipinski definition) is 1. The molecule has 0 saturated carbocycles. The highest BCUT2D eigenvalue weighted by atomic mass is 16.5. The van der Waals surface area contributed by atoms with Gasteiger partial charge in [-0.25, -0.2) is 0 Å². The van der Waals surface area contributed by atoms with Gasteiger partial charge in [-0.3, -0.25) is 0 Å². The first-order valence-electron chi connectivity index (χ1n) is 10.1. The third-order valence-corrected chi connectivity index (χ3v) is 6.13. The number of morpholine rings is 1. The third-order valence-electron chi connectivity index (χ3n) is 6.13. The van der Waals surface area contributed by atoms with E-state index >= 15 is 0 Å². The smallest absolute Gasteiger partial charge is 0.0642 e. The minimum absolute atomic E-state index is 0.653. The molecule has 0 radical (unpaired) electrons. The lowest BCUT2D eigenvalue weighted by Crippen LogP contribution is -2.36. The summed E-state index contributed by atoms with van der Waals surface area (Å²) in [5.74, 6) is 0.653. The lowest BCUT2D eigenvalue weighted by molar-refractivity contribution is 0.122. The van der Waals surface area contributed by atoms with Crippen LogP contribution in [-0.2, 0) is 4.74 Å². The molecule has 0 unspecified atom stereocenters. The van der Waals surface area contributed by atoms with Crippen molar-refractivity contribution in [2.24, 2.45) is 0 Å². The van der Waals surface area contributed by atoms with Crippen molar-refractivity contribution >= 4 is 22.3 Å². The monoisotopic (exact) mass is 361 g/mol. The number of hydrogen-bond acceptors (Lipinski definition) is 3. The van der Waals surface area contributed by atoms with Crippen molar-refractivity contribution in [3.63, 3.8) is 0 Å². The molecule has 0 bridgehead atoms. The van der Waals surface area contributed by atoms with Crippen LogP contribution in [0.4, 0.5) is 11.4 Å². The molecular weight excluding hydrogens is 334 g/mol. The SMILES string of the molecule is c1cc(N2CCOCC2)cc(N2CCC(c3c[nH]c4ccccc34)CC2)c1. The van der Waals surface area contributed by atoms with Crippen molar-refractivity contribution in [2.75, 3.05) is 49.2 Å². The van der Waals surface area contributed by atoms with Crippen LogP contribution in [0.1, 0.15) is 24.3 Å². The topological polar surface area (TPSA) is 31.5 Å². The maximum atomic E-state index is 5.49. The summed E-state index contributed by atoms with van der Waals surface area (Å²) >= 11 is 0.